The molecule has 0 atom stereocenters. The summed E-state index contributed by atoms with van der Waals surface area (Å²) in [5, 5.41) is 7.27. The number of para-hydroxylation sites is 1. The number of rotatable bonds is 9. The Hall–Kier alpha value is -2.64. The zero-order chi connectivity index (χ0) is 20.5. The van der Waals surface area contributed by atoms with Gasteiger partial charge in [0.05, 0.1) is 16.9 Å². The molecule has 0 aliphatic rings. The molecule has 7 nitrogen and oxygen atoms in total. The number of benzene rings is 1. The van der Waals surface area contributed by atoms with Gasteiger partial charge >= 0.3 is 0 Å². The monoisotopic (exact) mass is 404 g/mol. The van der Waals surface area contributed by atoms with Crippen LogP contribution in [0.4, 0.5) is 0 Å². The van der Waals surface area contributed by atoms with Crippen molar-refractivity contribution >= 4 is 29.6 Å². The van der Waals surface area contributed by atoms with Crippen LogP contribution in [0.2, 0.25) is 5.02 Å². The number of aromatic nitrogens is 1. The van der Waals surface area contributed by atoms with Crippen molar-refractivity contribution in [3.05, 3.63) is 52.3 Å². The van der Waals surface area contributed by atoms with E-state index in [1.165, 1.54) is 0 Å². The van der Waals surface area contributed by atoms with Gasteiger partial charge in [0.2, 0.25) is 11.8 Å². The average molecular weight is 405 g/mol. The summed E-state index contributed by atoms with van der Waals surface area (Å²) in [6, 6.07) is 9.54. The third-order valence-electron chi connectivity index (χ3n) is 4.13. The molecular weight excluding hydrogens is 380 g/mol. The van der Waals surface area contributed by atoms with Crippen molar-refractivity contribution in [1.29, 1.82) is 0 Å². The molecule has 2 aromatic rings. The lowest BCUT2D eigenvalue weighted by atomic mass is 10.2. The summed E-state index contributed by atoms with van der Waals surface area (Å²) < 4.78 is 6.92. The maximum absolute atomic E-state index is 11.8. The molecule has 150 valence electrons. The minimum atomic E-state index is -0.472. The Labute approximate surface area is 169 Å². The highest BCUT2D eigenvalue weighted by Crippen LogP contribution is 2.25. The fraction of sp³-hybridized carbons (Fsp3) is 0.350. The molecular formula is C20H25ClN4O3. The second-order valence-corrected chi connectivity index (χ2v) is 6.69. The zero-order valence-corrected chi connectivity index (χ0v) is 17.0. The summed E-state index contributed by atoms with van der Waals surface area (Å²) in [4.78, 5) is 23.5. The number of nitrogens with one attached hydrogen (secondary N) is 2. The lowest BCUT2D eigenvalue weighted by Crippen LogP contribution is -2.30. The van der Waals surface area contributed by atoms with Crippen molar-refractivity contribution in [3.63, 3.8) is 0 Å². The number of hydrazone groups is 1. The maximum Gasteiger partial charge on any atom is 0.249 e. The van der Waals surface area contributed by atoms with Gasteiger partial charge in [-0.2, -0.15) is 5.10 Å². The fourth-order valence-electron chi connectivity index (χ4n) is 2.79. The number of carbonyl (C=O) groups excluding carboxylic acids is 2. The molecule has 0 aliphatic heterocycles. The Morgan fingerprint density at radius 3 is 2.71 bits per heavy atom. The van der Waals surface area contributed by atoms with Crippen LogP contribution in [-0.4, -0.2) is 42.9 Å². The number of methoxy groups -OCH3 is 1. The maximum atomic E-state index is 11.8. The van der Waals surface area contributed by atoms with Gasteiger partial charge in [0.25, 0.3) is 0 Å². The van der Waals surface area contributed by atoms with E-state index in [2.05, 4.69) is 15.8 Å². The van der Waals surface area contributed by atoms with Crippen LogP contribution in [0, 0.1) is 13.8 Å². The van der Waals surface area contributed by atoms with Gasteiger partial charge in [-0.25, -0.2) is 5.43 Å². The van der Waals surface area contributed by atoms with Gasteiger partial charge in [0, 0.05) is 37.2 Å². The molecule has 1 aromatic carbocycles. The number of ether oxygens (including phenoxy) is 1. The van der Waals surface area contributed by atoms with E-state index >= 15 is 0 Å². The van der Waals surface area contributed by atoms with Crippen molar-refractivity contribution in [3.8, 4) is 5.69 Å². The van der Waals surface area contributed by atoms with Crippen molar-refractivity contribution < 1.29 is 14.3 Å². The summed E-state index contributed by atoms with van der Waals surface area (Å²) in [6.07, 6.45) is 1.98. The number of hydrogen-bond acceptors (Lipinski definition) is 4. The largest absolute Gasteiger partial charge is 0.385 e. The molecule has 2 amide bonds. The highest BCUT2D eigenvalue weighted by atomic mass is 35.5. The standard InChI is InChI=1S/C20H25ClN4O3/c1-14-11-16(15(2)25(14)18-8-5-4-7-17(18)21)13-23-24-20(27)12-19(26)22-9-6-10-28-3/h4-5,7-8,11,13H,6,9-10,12H2,1-3H3,(H,22,26)(H,24,27)/b23-13+. The first-order chi connectivity index (χ1) is 13.4. The molecule has 0 saturated carbocycles. The molecule has 0 radical (unpaired) electrons. The molecule has 0 saturated heterocycles. The predicted molar refractivity (Wildman–Crippen MR) is 110 cm³/mol. The first kappa shape index (κ1) is 21.7. The van der Waals surface area contributed by atoms with Crippen LogP contribution < -0.4 is 10.7 Å². The first-order valence-corrected chi connectivity index (χ1v) is 9.33. The van der Waals surface area contributed by atoms with Crippen molar-refractivity contribution in [2.75, 3.05) is 20.3 Å². The summed E-state index contributed by atoms with van der Waals surface area (Å²) in [7, 11) is 1.60. The van der Waals surface area contributed by atoms with Gasteiger partial charge in [-0.3, -0.25) is 9.59 Å². The molecule has 8 heteroatoms. The van der Waals surface area contributed by atoms with E-state index in [9.17, 15) is 9.59 Å². The minimum absolute atomic E-state index is 0.275. The number of halogens is 1. The number of aryl methyl sites for hydroxylation is 1. The molecule has 0 bridgehead atoms. The van der Waals surface area contributed by atoms with Crippen LogP contribution in [0.5, 0.6) is 0 Å². The molecule has 28 heavy (non-hydrogen) atoms. The molecule has 2 N–H and O–H groups in total. The van der Waals surface area contributed by atoms with Crippen LogP contribution in [0.25, 0.3) is 5.69 Å². The van der Waals surface area contributed by atoms with Crippen LogP contribution in [0.15, 0.2) is 35.4 Å². The lowest BCUT2D eigenvalue weighted by Gasteiger charge is -2.11. The van der Waals surface area contributed by atoms with Gasteiger partial charge in [-0.05, 0) is 38.5 Å². The number of nitrogens with zero attached hydrogens (tertiary/aromatic N) is 2. The van der Waals surface area contributed by atoms with E-state index in [1.807, 2.05) is 48.7 Å². The molecule has 1 heterocycles. The third kappa shape index (κ3) is 5.94. The van der Waals surface area contributed by atoms with E-state index in [0.29, 0.717) is 24.6 Å². The van der Waals surface area contributed by atoms with Gasteiger partial charge in [-0.15, -0.1) is 0 Å². The Balaban J connectivity index is 1.94. The Morgan fingerprint density at radius 1 is 1.25 bits per heavy atom. The molecule has 0 spiro atoms. The van der Waals surface area contributed by atoms with Crippen molar-refractivity contribution in [1.82, 2.24) is 15.3 Å². The Kier molecular flexibility index (Phi) is 8.22. The Morgan fingerprint density at radius 2 is 2.00 bits per heavy atom. The van der Waals surface area contributed by atoms with E-state index in [4.69, 9.17) is 16.3 Å². The normalized spacial score (nSPS) is 11.0. The molecule has 0 fully saturated rings. The molecule has 0 unspecified atom stereocenters. The molecule has 0 aliphatic carbocycles. The first-order valence-electron chi connectivity index (χ1n) is 8.95. The van der Waals surface area contributed by atoms with E-state index in [-0.39, 0.29) is 12.3 Å². The van der Waals surface area contributed by atoms with Gasteiger partial charge in [0.1, 0.15) is 6.42 Å². The molecule has 1 aromatic heterocycles. The van der Waals surface area contributed by atoms with Crippen LogP contribution in [0.1, 0.15) is 29.8 Å². The van der Waals surface area contributed by atoms with Gasteiger partial charge in [0.15, 0.2) is 0 Å². The minimum Gasteiger partial charge on any atom is -0.385 e. The average Bonchev–Trinajstić information content (AvgIpc) is 2.93. The highest BCUT2D eigenvalue weighted by molar-refractivity contribution is 6.32. The topological polar surface area (TPSA) is 84.7 Å². The molecule has 2 rings (SSSR count). The SMILES string of the molecule is COCCCNC(=O)CC(=O)N/N=C/c1cc(C)n(-c2ccccc2Cl)c1C. The summed E-state index contributed by atoms with van der Waals surface area (Å²) >= 11 is 6.30. The summed E-state index contributed by atoms with van der Waals surface area (Å²) in [5.41, 5.74) is 6.05. The number of amides is 2. The van der Waals surface area contributed by atoms with E-state index < -0.39 is 5.91 Å². The van der Waals surface area contributed by atoms with Crippen LogP contribution in [-0.2, 0) is 14.3 Å². The quantitative estimate of drug-likeness (QED) is 0.291. The second-order valence-electron chi connectivity index (χ2n) is 6.28. The lowest BCUT2D eigenvalue weighted by molar-refractivity contribution is -0.129. The van der Waals surface area contributed by atoms with E-state index in [1.54, 1.807) is 13.3 Å². The number of carbonyl (C=O) groups is 2. The van der Waals surface area contributed by atoms with Crippen LogP contribution >= 0.6 is 11.6 Å². The Bertz CT molecular complexity index is 861. The summed E-state index contributed by atoms with van der Waals surface area (Å²) in [6.45, 7) is 4.95. The summed E-state index contributed by atoms with van der Waals surface area (Å²) in [5.74, 6) is -0.818. The smallest absolute Gasteiger partial charge is 0.249 e. The van der Waals surface area contributed by atoms with Crippen LogP contribution in [0.3, 0.4) is 0 Å². The highest BCUT2D eigenvalue weighted by Gasteiger charge is 2.12. The van der Waals surface area contributed by atoms with Crippen molar-refractivity contribution in [2.45, 2.75) is 26.7 Å². The fourth-order valence-corrected chi connectivity index (χ4v) is 3.01. The zero-order valence-electron chi connectivity index (χ0n) is 16.3. The van der Waals surface area contributed by atoms with Gasteiger partial charge in [-0.1, -0.05) is 23.7 Å². The van der Waals surface area contributed by atoms with Crippen molar-refractivity contribution in [2.24, 2.45) is 5.10 Å². The third-order valence-corrected chi connectivity index (χ3v) is 4.44. The second kappa shape index (κ2) is 10.6. The van der Waals surface area contributed by atoms with Gasteiger partial charge < -0.3 is 14.6 Å². The number of hydrogen-bond donors (Lipinski definition) is 2. The van der Waals surface area contributed by atoms with E-state index in [0.717, 1.165) is 22.6 Å². The predicted octanol–water partition coefficient (Wildman–Crippen LogP) is 2.74.